The van der Waals surface area contributed by atoms with Crippen molar-refractivity contribution < 1.29 is 9.53 Å². The molecule has 0 aliphatic heterocycles. The topological polar surface area (TPSA) is 64.4 Å². The molecule has 0 unspecified atom stereocenters. The van der Waals surface area contributed by atoms with Crippen LogP contribution in [0.3, 0.4) is 0 Å². The minimum atomic E-state index is -0.489. The molecular weight excluding hydrogens is 282 g/mol. The van der Waals surface area contributed by atoms with Gasteiger partial charge in [0.2, 0.25) is 0 Å². The van der Waals surface area contributed by atoms with Crippen LogP contribution in [0.4, 0.5) is 5.69 Å². The van der Waals surface area contributed by atoms with Gasteiger partial charge in [-0.3, -0.25) is 9.59 Å². The maximum Gasteiger partial charge on any atom is 0.327 e. The number of carbonyl (C=O) groups excluding carboxylic acids is 1. The summed E-state index contributed by atoms with van der Waals surface area (Å²) in [6, 6.07) is 5.48. The van der Waals surface area contributed by atoms with Crippen LogP contribution in [0.2, 0.25) is 0 Å². The van der Waals surface area contributed by atoms with Gasteiger partial charge in [0.25, 0.3) is 5.56 Å². The summed E-state index contributed by atoms with van der Waals surface area (Å²) >= 11 is 0. The molecule has 0 aliphatic carbocycles. The van der Waals surface area contributed by atoms with E-state index in [2.05, 4.69) is 11.7 Å². The number of hydrogen-bond acceptors (Lipinski definition) is 5. The van der Waals surface area contributed by atoms with Crippen molar-refractivity contribution in [2.75, 3.05) is 25.6 Å². The molecule has 0 N–H and O–H groups in total. The van der Waals surface area contributed by atoms with E-state index in [-0.39, 0.29) is 18.7 Å². The zero-order chi connectivity index (χ0) is 16.3. The molecule has 0 saturated heterocycles. The SMILES string of the molecule is C=Cc1nn(CC(=O)OCC)c(=O)c2ccc(N(C)C)cc12. The fraction of sp³-hybridized carbons (Fsp3) is 0.312. The van der Waals surface area contributed by atoms with Gasteiger partial charge in [0, 0.05) is 25.2 Å². The Labute approximate surface area is 128 Å². The highest BCUT2D eigenvalue weighted by Crippen LogP contribution is 2.21. The van der Waals surface area contributed by atoms with Crippen molar-refractivity contribution in [3.05, 3.63) is 40.8 Å². The van der Waals surface area contributed by atoms with Crippen molar-refractivity contribution in [2.24, 2.45) is 0 Å². The number of nitrogens with zero attached hydrogens (tertiary/aromatic N) is 3. The Morgan fingerprint density at radius 1 is 1.41 bits per heavy atom. The Bertz CT molecular complexity index is 778. The van der Waals surface area contributed by atoms with E-state index in [0.717, 1.165) is 10.4 Å². The second-order valence-electron chi connectivity index (χ2n) is 4.98. The summed E-state index contributed by atoms with van der Waals surface area (Å²) in [5, 5.41) is 5.42. The average molecular weight is 301 g/mol. The molecule has 2 rings (SSSR count). The fourth-order valence-corrected chi connectivity index (χ4v) is 2.16. The lowest BCUT2D eigenvalue weighted by Gasteiger charge is -2.14. The van der Waals surface area contributed by atoms with Gasteiger partial charge in [-0.25, -0.2) is 4.68 Å². The van der Waals surface area contributed by atoms with Crippen LogP contribution >= 0.6 is 0 Å². The summed E-state index contributed by atoms with van der Waals surface area (Å²) in [5.41, 5.74) is 1.20. The number of anilines is 1. The highest BCUT2D eigenvalue weighted by molar-refractivity contribution is 5.90. The average Bonchev–Trinajstić information content (AvgIpc) is 2.49. The molecule has 0 spiro atoms. The number of aromatic nitrogens is 2. The van der Waals surface area contributed by atoms with Crippen LogP contribution in [-0.2, 0) is 16.1 Å². The lowest BCUT2D eigenvalue weighted by Crippen LogP contribution is -2.28. The number of benzene rings is 1. The van der Waals surface area contributed by atoms with Gasteiger partial charge in [-0.1, -0.05) is 6.58 Å². The van der Waals surface area contributed by atoms with Crippen LogP contribution < -0.4 is 10.5 Å². The smallest absolute Gasteiger partial charge is 0.327 e. The van der Waals surface area contributed by atoms with Crippen LogP contribution in [0, 0.1) is 0 Å². The highest BCUT2D eigenvalue weighted by atomic mass is 16.5. The second-order valence-corrected chi connectivity index (χ2v) is 4.98. The van der Waals surface area contributed by atoms with E-state index in [0.29, 0.717) is 16.5 Å². The third kappa shape index (κ3) is 3.00. The summed E-state index contributed by atoms with van der Waals surface area (Å²) in [6.07, 6.45) is 1.57. The lowest BCUT2D eigenvalue weighted by atomic mass is 10.1. The van der Waals surface area contributed by atoms with Gasteiger partial charge in [-0.2, -0.15) is 5.10 Å². The van der Waals surface area contributed by atoms with Gasteiger partial charge in [0.15, 0.2) is 0 Å². The van der Waals surface area contributed by atoms with E-state index in [1.165, 1.54) is 0 Å². The van der Waals surface area contributed by atoms with E-state index in [9.17, 15) is 9.59 Å². The van der Waals surface area contributed by atoms with Crippen molar-refractivity contribution in [2.45, 2.75) is 13.5 Å². The van der Waals surface area contributed by atoms with Gasteiger partial charge < -0.3 is 9.64 Å². The minimum absolute atomic E-state index is 0.209. The molecule has 1 heterocycles. The van der Waals surface area contributed by atoms with Crippen LogP contribution in [-0.4, -0.2) is 36.5 Å². The Morgan fingerprint density at radius 3 is 2.73 bits per heavy atom. The summed E-state index contributed by atoms with van der Waals surface area (Å²) in [6.45, 7) is 5.51. The maximum absolute atomic E-state index is 12.5. The molecule has 0 saturated carbocycles. The largest absolute Gasteiger partial charge is 0.465 e. The minimum Gasteiger partial charge on any atom is -0.465 e. The van der Waals surface area contributed by atoms with E-state index < -0.39 is 5.97 Å². The number of hydrogen-bond donors (Lipinski definition) is 0. The number of esters is 1. The molecule has 0 amide bonds. The predicted octanol–water partition coefficient (Wildman–Crippen LogP) is 1.67. The first-order chi connectivity index (χ1) is 10.5. The van der Waals surface area contributed by atoms with Gasteiger partial charge in [-0.05, 0) is 31.2 Å². The molecule has 0 bridgehead atoms. The van der Waals surface area contributed by atoms with Crippen molar-refractivity contribution in [3.63, 3.8) is 0 Å². The number of ether oxygens (including phenoxy) is 1. The molecule has 0 aliphatic rings. The predicted molar refractivity (Wildman–Crippen MR) is 87.1 cm³/mol. The number of rotatable bonds is 5. The molecule has 6 nitrogen and oxygen atoms in total. The quantitative estimate of drug-likeness (QED) is 0.786. The molecule has 1 aromatic carbocycles. The third-order valence-electron chi connectivity index (χ3n) is 3.27. The van der Waals surface area contributed by atoms with Gasteiger partial charge in [0.05, 0.1) is 17.7 Å². The van der Waals surface area contributed by atoms with E-state index in [1.807, 2.05) is 31.1 Å². The second kappa shape index (κ2) is 6.43. The summed E-state index contributed by atoms with van der Waals surface area (Å²) in [7, 11) is 3.84. The monoisotopic (exact) mass is 301 g/mol. The first kappa shape index (κ1) is 15.8. The summed E-state index contributed by atoms with van der Waals surface area (Å²) < 4.78 is 5.98. The lowest BCUT2D eigenvalue weighted by molar-refractivity contribution is -0.144. The normalized spacial score (nSPS) is 10.5. The van der Waals surface area contributed by atoms with Crippen LogP contribution in [0.5, 0.6) is 0 Å². The van der Waals surface area contributed by atoms with Crippen molar-refractivity contribution in [3.8, 4) is 0 Å². The molecular formula is C16H19N3O3. The van der Waals surface area contributed by atoms with Gasteiger partial charge >= 0.3 is 5.97 Å². The number of carbonyl (C=O) groups is 1. The number of fused-ring (bicyclic) bond motifs is 1. The van der Waals surface area contributed by atoms with Crippen molar-refractivity contribution in [1.29, 1.82) is 0 Å². The van der Waals surface area contributed by atoms with E-state index in [4.69, 9.17) is 4.74 Å². The Balaban J connectivity index is 2.61. The molecule has 1 aromatic heterocycles. The zero-order valence-corrected chi connectivity index (χ0v) is 13.0. The molecule has 22 heavy (non-hydrogen) atoms. The standard InChI is InChI=1S/C16H19N3O3/c1-5-14-13-9-11(18(3)4)7-8-12(13)16(21)19(17-14)10-15(20)22-6-2/h5,7-9H,1,6,10H2,2-4H3. The molecule has 0 fully saturated rings. The van der Waals surface area contributed by atoms with Crippen molar-refractivity contribution >= 4 is 28.5 Å². The van der Waals surface area contributed by atoms with Crippen LogP contribution in [0.25, 0.3) is 16.8 Å². The third-order valence-corrected chi connectivity index (χ3v) is 3.27. The molecule has 0 radical (unpaired) electrons. The Morgan fingerprint density at radius 2 is 2.14 bits per heavy atom. The molecule has 116 valence electrons. The van der Waals surface area contributed by atoms with E-state index >= 15 is 0 Å². The Hall–Kier alpha value is -2.63. The van der Waals surface area contributed by atoms with Crippen molar-refractivity contribution in [1.82, 2.24) is 9.78 Å². The van der Waals surface area contributed by atoms with Gasteiger partial charge in [0.1, 0.15) is 6.54 Å². The first-order valence-electron chi connectivity index (χ1n) is 6.98. The molecule has 2 aromatic rings. The zero-order valence-electron chi connectivity index (χ0n) is 13.0. The Kier molecular flexibility index (Phi) is 4.60. The summed E-state index contributed by atoms with van der Waals surface area (Å²) in [5.74, 6) is -0.489. The molecule has 0 atom stereocenters. The molecule has 6 heteroatoms. The fourth-order valence-electron chi connectivity index (χ4n) is 2.16. The highest BCUT2D eigenvalue weighted by Gasteiger charge is 2.13. The van der Waals surface area contributed by atoms with Crippen LogP contribution in [0.15, 0.2) is 29.6 Å². The summed E-state index contributed by atoms with van der Waals surface area (Å²) in [4.78, 5) is 26.0. The van der Waals surface area contributed by atoms with Gasteiger partial charge in [-0.15, -0.1) is 0 Å². The van der Waals surface area contributed by atoms with Crippen LogP contribution in [0.1, 0.15) is 12.6 Å². The first-order valence-corrected chi connectivity index (χ1v) is 6.98. The maximum atomic E-state index is 12.5. The van der Waals surface area contributed by atoms with E-state index in [1.54, 1.807) is 19.1 Å².